The van der Waals surface area contributed by atoms with Crippen LogP contribution in [0.5, 0.6) is 0 Å². The molecular weight excluding hydrogens is 250 g/mol. The first-order valence-electron chi connectivity index (χ1n) is 5.62. The Morgan fingerprint density at radius 3 is 2.39 bits per heavy atom. The van der Waals surface area contributed by atoms with E-state index in [2.05, 4.69) is 23.3 Å². The summed E-state index contributed by atoms with van der Waals surface area (Å²) in [5, 5.41) is 4.66. The van der Waals surface area contributed by atoms with Gasteiger partial charge in [-0.05, 0) is 12.0 Å². The zero-order chi connectivity index (χ0) is 13.4. The first kappa shape index (κ1) is 14.4. The van der Waals surface area contributed by atoms with E-state index in [1.165, 1.54) is 0 Å². The maximum Gasteiger partial charge on any atom is 0.312 e. The van der Waals surface area contributed by atoms with E-state index in [1.54, 1.807) is 0 Å². The monoisotopic (exact) mass is 267 g/mol. The molecule has 98 valence electrons. The van der Waals surface area contributed by atoms with E-state index in [0.29, 0.717) is 19.5 Å². The molecule has 3 amide bonds. The summed E-state index contributed by atoms with van der Waals surface area (Å²) in [5.74, 6) is -0.159. The van der Waals surface area contributed by atoms with Gasteiger partial charge in [-0.2, -0.15) is 12.6 Å². The summed E-state index contributed by atoms with van der Waals surface area (Å²) in [4.78, 5) is 22.1. The van der Waals surface area contributed by atoms with Crippen molar-refractivity contribution in [2.24, 2.45) is 5.73 Å². The van der Waals surface area contributed by atoms with Crippen LogP contribution >= 0.6 is 12.6 Å². The number of rotatable bonds is 6. The van der Waals surface area contributed by atoms with Gasteiger partial charge in [-0.25, -0.2) is 4.79 Å². The predicted octanol–water partition coefficient (Wildman–Crippen LogP) is 0.312. The van der Waals surface area contributed by atoms with Gasteiger partial charge in [0.05, 0.1) is 5.25 Å². The Hall–Kier alpha value is -1.69. The quantitative estimate of drug-likeness (QED) is 0.442. The first-order valence-corrected chi connectivity index (χ1v) is 6.14. The van der Waals surface area contributed by atoms with Gasteiger partial charge in [-0.15, -0.1) is 0 Å². The molecule has 1 aromatic rings. The van der Waals surface area contributed by atoms with E-state index < -0.39 is 11.3 Å². The number of benzene rings is 1. The average Bonchev–Trinajstić information content (AvgIpc) is 2.35. The molecule has 0 radical (unpaired) electrons. The number of nitrogens with one attached hydrogen (secondary N) is 2. The summed E-state index contributed by atoms with van der Waals surface area (Å²) in [6, 6.07) is 9.06. The van der Waals surface area contributed by atoms with Gasteiger partial charge in [0.2, 0.25) is 5.91 Å². The third-order valence-electron chi connectivity index (χ3n) is 2.30. The van der Waals surface area contributed by atoms with Gasteiger partial charge in [0.1, 0.15) is 0 Å². The second kappa shape index (κ2) is 7.60. The van der Waals surface area contributed by atoms with E-state index >= 15 is 0 Å². The molecule has 0 aliphatic heterocycles. The molecule has 0 heterocycles. The van der Waals surface area contributed by atoms with E-state index in [0.717, 1.165) is 5.56 Å². The number of urea groups is 1. The lowest BCUT2D eigenvalue weighted by Gasteiger charge is -2.11. The van der Waals surface area contributed by atoms with Gasteiger partial charge >= 0.3 is 6.03 Å². The Bertz CT molecular complexity index is 398. The largest absolute Gasteiger partial charge is 0.353 e. The molecule has 1 rings (SSSR count). The molecule has 5 nitrogen and oxygen atoms in total. The summed E-state index contributed by atoms with van der Waals surface area (Å²) >= 11 is 4.26. The molecule has 0 aliphatic carbocycles. The van der Waals surface area contributed by atoms with Crippen LogP contribution in [0.4, 0.5) is 4.79 Å². The van der Waals surface area contributed by atoms with Crippen molar-refractivity contribution in [2.45, 2.75) is 11.7 Å². The Balaban J connectivity index is 2.27. The van der Waals surface area contributed by atoms with Crippen molar-refractivity contribution in [3.63, 3.8) is 0 Å². The molecule has 0 aromatic heterocycles. The minimum absolute atomic E-state index is 0.159. The summed E-state index contributed by atoms with van der Waals surface area (Å²) in [6.45, 7) is 0.653. The summed E-state index contributed by atoms with van der Waals surface area (Å²) in [7, 11) is 0. The molecule has 0 bridgehead atoms. The Morgan fingerprint density at radius 1 is 1.17 bits per heavy atom. The van der Waals surface area contributed by atoms with Gasteiger partial charge in [0, 0.05) is 13.1 Å². The number of carbonyl (C=O) groups excluding carboxylic acids is 2. The van der Waals surface area contributed by atoms with Crippen LogP contribution in [0.2, 0.25) is 0 Å². The van der Waals surface area contributed by atoms with Crippen molar-refractivity contribution in [1.29, 1.82) is 0 Å². The lowest BCUT2D eigenvalue weighted by molar-refractivity contribution is -0.120. The third-order valence-corrected chi connectivity index (χ3v) is 2.72. The third kappa shape index (κ3) is 5.58. The van der Waals surface area contributed by atoms with Crippen molar-refractivity contribution in [1.82, 2.24) is 10.6 Å². The van der Waals surface area contributed by atoms with Crippen LogP contribution < -0.4 is 16.4 Å². The molecule has 1 atom stereocenters. The fraction of sp³-hybridized carbons (Fsp3) is 0.333. The number of amides is 3. The molecule has 0 aliphatic rings. The summed E-state index contributed by atoms with van der Waals surface area (Å²) in [6.07, 6.45) is 0.568. The summed E-state index contributed by atoms with van der Waals surface area (Å²) < 4.78 is 0. The maximum atomic E-state index is 11.7. The van der Waals surface area contributed by atoms with Crippen molar-refractivity contribution in [3.05, 3.63) is 35.9 Å². The standard InChI is InChI=1S/C12H17N3O2S/c13-12(17)15-7-6-14-11(16)10(18)8-9-4-2-1-3-5-9/h1-5,10,18H,6-8H2,(H,14,16)(H3,13,15,17). The van der Waals surface area contributed by atoms with E-state index in [-0.39, 0.29) is 5.91 Å². The van der Waals surface area contributed by atoms with Crippen LogP contribution in [-0.4, -0.2) is 30.3 Å². The second-order valence-electron chi connectivity index (χ2n) is 3.79. The number of primary amides is 1. The van der Waals surface area contributed by atoms with E-state index in [9.17, 15) is 9.59 Å². The predicted molar refractivity (Wildman–Crippen MR) is 73.5 cm³/mol. The van der Waals surface area contributed by atoms with E-state index in [1.807, 2.05) is 30.3 Å². The zero-order valence-electron chi connectivity index (χ0n) is 9.93. The van der Waals surface area contributed by atoms with Crippen molar-refractivity contribution < 1.29 is 9.59 Å². The van der Waals surface area contributed by atoms with Gasteiger partial charge in [-0.3, -0.25) is 4.79 Å². The van der Waals surface area contributed by atoms with Gasteiger partial charge in [-0.1, -0.05) is 30.3 Å². The Labute approximate surface area is 112 Å². The molecule has 4 N–H and O–H groups in total. The SMILES string of the molecule is NC(=O)NCCNC(=O)C(S)Cc1ccccc1. The second-order valence-corrected chi connectivity index (χ2v) is 4.41. The van der Waals surface area contributed by atoms with Crippen molar-refractivity contribution >= 4 is 24.6 Å². The highest BCUT2D eigenvalue weighted by Gasteiger charge is 2.13. The molecule has 0 saturated heterocycles. The van der Waals surface area contributed by atoms with Crippen LogP contribution in [0.1, 0.15) is 5.56 Å². The minimum atomic E-state index is -0.601. The topological polar surface area (TPSA) is 84.2 Å². The number of carbonyl (C=O) groups is 2. The highest BCUT2D eigenvalue weighted by Crippen LogP contribution is 2.07. The molecule has 1 unspecified atom stereocenters. The fourth-order valence-electron chi connectivity index (χ4n) is 1.42. The number of thiol groups is 1. The van der Waals surface area contributed by atoms with E-state index in [4.69, 9.17) is 5.73 Å². The fourth-order valence-corrected chi connectivity index (χ4v) is 1.72. The van der Waals surface area contributed by atoms with Crippen LogP contribution in [-0.2, 0) is 11.2 Å². The number of nitrogens with two attached hydrogens (primary N) is 1. The molecule has 1 aromatic carbocycles. The van der Waals surface area contributed by atoms with Gasteiger partial charge < -0.3 is 16.4 Å². The maximum absolute atomic E-state index is 11.7. The van der Waals surface area contributed by atoms with Crippen LogP contribution in [0.15, 0.2) is 30.3 Å². The minimum Gasteiger partial charge on any atom is -0.353 e. The Morgan fingerprint density at radius 2 is 1.78 bits per heavy atom. The van der Waals surface area contributed by atoms with Gasteiger partial charge in [0.15, 0.2) is 0 Å². The molecule has 0 saturated carbocycles. The normalized spacial score (nSPS) is 11.6. The molecule has 18 heavy (non-hydrogen) atoms. The smallest absolute Gasteiger partial charge is 0.312 e. The lowest BCUT2D eigenvalue weighted by Crippen LogP contribution is -2.40. The molecule has 0 spiro atoms. The zero-order valence-corrected chi connectivity index (χ0v) is 10.8. The van der Waals surface area contributed by atoms with Gasteiger partial charge in [0.25, 0.3) is 0 Å². The highest BCUT2D eigenvalue weighted by atomic mass is 32.1. The number of hydrogen-bond donors (Lipinski definition) is 4. The Kier molecular flexibility index (Phi) is 6.07. The number of hydrogen-bond acceptors (Lipinski definition) is 3. The van der Waals surface area contributed by atoms with Crippen LogP contribution in [0.25, 0.3) is 0 Å². The summed E-state index contributed by atoms with van der Waals surface area (Å²) in [5.41, 5.74) is 5.95. The average molecular weight is 267 g/mol. The molecule has 6 heteroatoms. The molecular formula is C12H17N3O2S. The first-order chi connectivity index (χ1) is 8.59. The highest BCUT2D eigenvalue weighted by molar-refractivity contribution is 7.81. The van der Waals surface area contributed by atoms with Crippen molar-refractivity contribution in [2.75, 3.05) is 13.1 Å². The van der Waals surface area contributed by atoms with Crippen LogP contribution in [0, 0.1) is 0 Å². The molecule has 0 fully saturated rings. The lowest BCUT2D eigenvalue weighted by atomic mass is 10.1. The van der Waals surface area contributed by atoms with Crippen molar-refractivity contribution in [3.8, 4) is 0 Å². The van der Waals surface area contributed by atoms with Crippen LogP contribution in [0.3, 0.4) is 0 Å².